The first-order chi connectivity index (χ1) is 9.74. The van der Waals surface area contributed by atoms with Gasteiger partial charge >= 0.3 is 0 Å². The zero-order chi connectivity index (χ0) is 13.9. The van der Waals surface area contributed by atoms with E-state index in [1.807, 2.05) is 35.2 Å². The summed E-state index contributed by atoms with van der Waals surface area (Å²) in [4.78, 5) is 25.8. The van der Waals surface area contributed by atoms with Crippen molar-refractivity contribution in [2.75, 3.05) is 25.0 Å². The number of para-hydroxylation sites is 1. The highest BCUT2D eigenvalue weighted by molar-refractivity contribution is 5.92. The molecular formula is C15H18N2O3. The number of rotatable bonds is 3. The normalized spacial score (nSPS) is 22.4. The Kier molecular flexibility index (Phi) is 3.69. The second kappa shape index (κ2) is 5.63. The quantitative estimate of drug-likeness (QED) is 0.844. The molecule has 3 rings (SSSR count). The summed E-state index contributed by atoms with van der Waals surface area (Å²) in [6, 6.07) is 9.46. The Morgan fingerprint density at radius 3 is 2.40 bits per heavy atom. The standard InChI is InChI=1S/C15H18N2O3/c18-14(16-12-4-2-1-3-5-12)11-6-8-17(9-7-11)15(19)13-10-20-13/h1-5,11,13H,6-10H2,(H,16,18). The van der Waals surface area contributed by atoms with Gasteiger partial charge in [-0.3, -0.25) is 9.59 Å². The molecule has 2 fully saturated rings. The van der Waals surface area contributed by atoms with Crippen LogP contribution in [0.4, 0.5) is 5.69 Å². The van der Waals surface area contributed by atoms with E-state index in [0.717, 1.165) is 18.5 Å². The van der Waals surface area contributed by atoms with Gasteiger partial charge < -0.3 is 15.0 Å². The monoisotopic (exact) mass is 274 g/mol. The second-order valence-corrected chi connectivity index (χ2v) is 5.28. The van der Waals surface area contributed by atoms with E-state index in [-0.39, 0.29) is 23.8 Å². The third kappa shape index (κ3) is 2.99. The molecule has 1 aromatic carbocycles. The molecule has 2 amide bonds. The predicted octanol–water partition coefficient (Wildman–Crippen LogP) is 1.26. The van der Waals surface area contributed by atoms with E-state index < -0.39 is 0 Å². The van der Waals surface area contributed by atoms with E-state index in [4.69, 9.17) is 4.74 Å². The molecule has 0 aromatic heterocycles. The molecule has 0 aliphatic carbocycles. The molecule has 1 N–H and O–H groups in total. The van der Waals surface area contributed by atoms with Crippen molar-refractivity contribution in [3.8, 4) is 0 Å². The number of anilines is 1. The van der Waals surface area contributed by atoms with Crippen LogP contribution in [-0.2, 0) is 14.3 Å². The first-order valence-electron chi connectivity index (χ1n) is 7.00. The van der Waals surface area contributed by atoms with E-state index in [2.05, 4.69) is 5.32 Å². The van der Waals surface area contributed by atoms with Gasteiger partial charge in [0, 0.05) is 24.7 Å². The molecule has 0 bridgehead atoms. The maximum absolute atomic E-state index is 12.2. The summed E-state index contributed by atoms with van der Waals surface area (Å²) in [5, 5.41) is 2.92. The number of nitrogens with one attached hydrogen (secondary N) is 1. The summed E-state index contributed by atoms with van der Waals surface area (Å²) in [6.45, 7) is 1.84. The number of piperidine rings is 1. The van der Waals surface area contributed by atoms with Crippen molar-refractivity contribution in [2.24, 2.45) is 5.92 Å². The lowest BCUT2D eigenvalue weighted by molar-refractivity contribution is -0.135. The van der Waals surface area contributed by atoms with Crippen molar-refractivity contribution in [3.63, 3.8) is 0 Å². The lowest BCUT2D eigenvalue weighted by Gasteiger charge is -2.31. The first-order valence-corrected chi connectivity index (χ1v) is 7.00. The zero-order valence-corrected chi connectivity index (χ0v) is 11.2. The lowest BCUT2D eigenvalue weighted by atomic mass is 9.95. The third-order valence-corrected chi connectivity index (χ3v) is 3.83. The summed E-state index contributed by atoms with van der Waals surface area (Å²) >= 11 is 0. The van der Waals surface area contributed by atoms with Crippen molar-refractivity contribution in [3.05, 3.63) is 30.3 Å². The Hall–Kier alpha value is -1.88. The molecule has 2 aliphatic heterocycles. The van der Waals surface area contributed by atoms with Gasteiger partial charge in [0.15, 0.2) is 6.10 Å². The summed E-state index contributed by atoms with van der Waals surface area (Å²) in [5.41, 5.74) is 0.822. The number of carbonyl (C=O) groups is 2. The molecule has 2 aliphatic rings. The van der Waals surface area contributed by atoms with Crippen molar-refractivity contribution >= 4 is 17.5 Å². The van der Waals surface area contributed by atoms with Gasteiger partial charge in [-0.25, -0.2) is 0 Å². The average Bonchev–Trinajstić information content (AvgIpc) is 3.32. The Balaban J connectivity index is 1.50. The molecule has 2 heterocycles. The van der Waals surface area contributed by atoms with E-state index in [1.54, 1.807) is 0 Å². The molecule has 106 valence electrons. The van der Waals surface area contributed by atoms with Gasteiger partial charge in [-0.15, -0.1) is 0 Å². The van der Waals surface area contributed by atoms with Gasteiger partial charge in [0.25, 0.3) is 5.91 Å². The number of hydrogen-bond acceptors (Lipinski definition) is 3. The van der Waals surface area contributed by atoms with Gasteiger partial charge in [0.1, 0.15) is 0 Å². The molecular weight excluding hydrogens is 256 g/mol. The number of ether oxygens (including phenoxy) is 1. The predicted molar refractivity (Wildman–Crippen MR) is 74.1 cm³/mol. The number of hydrogen-bond donors (Lipinski definition) is 1. The molecule has 1 atom stereocenters. The molecule has 5 nitrogen and oxygen atoms in total. The fraction of sp³-hybridized carbons (Fsp3) is 0.467. The van der Waals surface area contributed by atoms with E-state index in [0.29, 0.717) is 19.7 Å². The molecule has 20 heavy (non-hydrogen) atoms. The minimum atomic E-state index is -0.218. The van der Waals surface area contributed by atoms with Crippen LogP contribution in [0.5, 0.6) is 0 Å². The SMILES string of the molecule is O=C(Nc1ccccc1)C1CCN(C(=O)C2CO2)CC1. The highest BCUT2D eigenvalue weighted by Gasteiger charge is 2.37. The molecule has 1 unspecified atom stereocenters. The Morgan fingerprint density at radius 1 is 1.15 bits per heavy atom. The van der Waals surface area contributed by atoms with Crippen LogP contribution in [0.2, 0.25) is 0 Å². The summed E-state index contributed by atoms with van der Waals surface area (Å²) in [6.07, 6.45) is 1.22. The van der Waals surface area contributed by atoms with E-state index >= 15 is 0 Å². The molecule has 2 saturated heterocycles. The first kappa shape index (κ1) is 13.1. The van der Waals surface area contributed by atoms with E-state index in [1.165, 1.54) is 0 Å². The van der Waals surface area contributed by atoms with Crippen molar-refractivity contribution < 1.29 is 14.3 Å². The van der Waals surface area contributed by atoms with Crippen LogP contribution < -0.4 is 5.32 Å². The fourth-order valence-electron chi connectivity index (χ4n) is 2.52. The molecule has 1 aromatic rings. The summed E-state index contributed by atoms with van der Waals surface area (Å²) < 4.78 is 5.01. The third-order valence-electron chi connectivity index (χ3n) is 3.83. The second-order valence-electron chi connectivity index (χ2n) is 5.28. The molecule has 5 heteroatoms. The zero-order valence-electron chi connectivity index (χ0n) is 11.2. The van der Waals surface area contributed by atoms with Crippen molar-refractivity contribution in [2.45, 2.75) is 18.9 Å². The average molecular weight is 274 g/mol. The Bertz CT molecular complexity index is 491. The van der Waals surface area contributed by atoms with Crippen LogP contribution in [0.3, 0.4) is 0 Å². The van der Waals surface area contributed by atoms with Gasteiger partial charge in [0.05, 0.1) is 6.61 Å². The van der Waals surface area contributed by atoms with Gasteiger partial charge in [-0.05, 0) is 25.0 Å². The van der Waals surface area contributed by atoms with Crippen LogP contribution in [0.15, 0.2) is 30.3 Å². The van der Waals surface area contributed by atoms with Gasteiger partial charge in [-0.2, -0.15) is 0 Å². The van der Waals surface area contributed by atoms with E-state index in [9.17, 15) is 9.59 Å². The minimum Gasteiger partial charge on any atom is -0.363 e. The van der Waals surface area contributed by atoms with Gasteiger partial charge in [-0.1, -0.05) is 18.2 Å². The summed E-state index contributed by atoms with van der Waals surface area (Å²) in [5.74, 6) is 0.109. The Morgan fingerprint density at radius 2 is 1.80 bits per heavy atom. The minimum absolute atomic E-state index is 0.0145. The van der Waals surface area contributed by atoms with Crippen molar-refractivity contribution in [1.82, 2.24) is 4.90 Å². The number of nitrogens with zero attached hydrogens (tertiary/aromatic N) is 1. The highest BCUT2D eigenvalue weighted by Crippen LogP contribution is 2.22. The maximum Gasteiger partial charge on any atom is 0.254 e. The highest BCUT2D eigenvalue weighted by atomic mass is 16.6. The van der Waals surface area contributed by atoms with Crippen LogP contribution >= 0.6 is 0 Å². The number of amides is 2. The van der Waals surface area contributed by atoms with Crippen LogP contribution in [-0.4, -0.2) is 42.5 Å². The molecule has 0 radical (unpaired) electrons. The number of carbonyl (C=O) groups excluding carboxylic acids is 2. The van der Waals surface area contributed by atoms with Crippen LogP contribution in [0.25, 0.3) is 0 Å². The molecule has 0 saturated carbocycles. The lowest BCUT2D eigenvalue weighted by Crippen LogP contribution is -2.43. The topological polar surface area (TPSA) is 61.9 Å². The fourth-order valence-corrected chi connectivity index (χ4v) is 2.52. The summed E-state index contributed by atoms with van der Waals surface area (Å²) in [7, 11) is 0. The van der Waals surface area contributed by atoms with Crippen LogP contribution in [0, 0.1) is 5.92 Å². The van der Waals surface area contributed by atoms with Crippen LogP contribution in [0.1, 0.15) is 12.8 Å². The van der Waals surface area contributed by atoms with Gasteiger partial charge in [0.2, 0.25) is 5.91 Å². The number of epoxide rings is 1. The number of likely N-dealkylation sites (tertiary alicyclic amines) is 1. The Labute approximate surface area is 117 Å². The molecule has 0 spiro atoms. The number of benzene rings is 1. The maximum atomic E-state index is 12.2. The van der Waals surface area contributed by atoms with Crippen molar-refractivity contribution in [1.29, 1.82) is 0 Å². The smallest absolute Gasteiger partial charge is 0.254 e. The largest absolute Gasteiger partial charge is 0.363 e.